The number of piperidine rings is 1. The molecule has 5 nitrogen and oxygen atoms in total. The summed E-state index contributed by atoms with van der Waals surface area (Å²) < 4.78 is 1.74. The third kappa shape index (κ3) is 3.03. The second kappa shape index (κ2) is 6.20. The zero-order valence-corrected chi connectivity index (χ0v) is 12.0. The van der Waals surface area contributed by atoms with E-state index in [-0.39, 0.29) is 18.3 Å². The van der Waals surface area contributed by atoms with Crippen LogP contribution in [0, 0.1) is 6.92 Å². The highest BCUT2D eigenvalue weighted by Crippen LogP contribution is 2.13. The average molecular weight is 273 g/mol. The fraction of sp³-hybridized carbons (Fsp3) is 0.667. The number of nitrogens with one attached hydrogen (secondary N) is 1. The maximum Gasteiger partial charge on any atom is 0.274 e. The van der Waals surface area contributed by atoms with Crippen LogP contribution < -0.4 is 5.32 Å². The quantitative estimate of drug-likeness (QED) is 0.873. The Morgan fingerprint density at radius 1 is 1.56 bits per heavy atom. The van der Waals surface area contributed by atoms with Gasteiger partial charge in [0.15, 0.2) is 5.69 Å². The lowest BCUT2D eigenvalue weighted by molar-refractivity contribution is 0.0691. The first-order valence-electron chi connectivity index (χ1n) is 6.09. The Balaban J connectivity index is 0.00000162. The zero-order chi connectivity index (χ0) is 12.4. The van der Waals surface area contributed by atoms with Crippen molar-refractivity contribution < 1.29 is 4.79 Å². The molecule has 1 N–H and O–H groups in total. The molecule has 1 aliphatic rings. The zero-order valence-electron chi connectivity index (χ0n) is 11.1. The topological polar surface area (TPSA) is 50.2 Å². The molecule has 1 unspecified atom stereocenters. The Labute approximate surface area is 114 Å². The van der Waals surface area contributed by atoms with Crippen molar-refractivity contribution in [3.05, 3.63) is 17.5 Å². The molecule has 1 saturated heterocycles. The van der Waals surface area contributed by atoms with Crippen molar-refractivity contribution in [2.45, 2.75) is 25.8 Å². The normalized spacial score (nSPS) is 19.5. The molecule has 2 rings (SSSR count). The molecule has 0 spiro atoms. The van der Waals surface area contributed by atoms with Crippen LogP contribution in [-0.2, 0) is 7.05 Å². The van der Waals surface area contributed by atoms with Crippen LogP contribution in [-0.4, -0.2) is 46.8 Å². The molecular weight excluding hydrogens is 252 g/mol. The van der Waals surface area contributed by atoms with Gasteiger partial charge in [-0.2, -0.15) is 5.10 Å². The second-order valence-corrected chi connectivity index (χ2v) is 4.67. The fourth-order valence-corrected chi connectivity index (χ4v) is 2.22. The number of likely N-dealkylation sites (N-methyl/N-ethyl adjacent to an activating group) is 1. The number of nitrogens with zero attached hydrogens (tertiary/aromatic N) is 3. The molecule has 1 amide bonds. The first-order chi connectivity index (χ1) is 8.11. The number of carbonyl (C=O) groups excluding carboxylic acids is 1. The van der Waals surface area contributed by atoms with E-state index in [1.54, 1.807) is 4.68 Å². The van der Waals surface area contributed by atoms with Crippen molar-refractivity contribution in [2.24, 2.45) is 7.05 Å². The smallest absolute Gasteiger partial charge is 0.274 e. The Hall–Kier alpha value is -1.07. The number of aryl methyl sites for hydroxylation is 2. The summed E-state index contributed by atoms with van der Waals surface area (Å²) in [5.41, 5.74) is 1.57. The van der Waals surface area contributed by atoms with Crippen LogP contribution in [0.15, 0.2) is 6.07 Å². The van der Waals surface area contributed by atoms with E-state index in [1.165, 1.54) is 0 Å². The molecular formula is C12H21ClN4O. The van der Waals surface area contributed by atoms with E-state index < -0.39 is 0 Å². The highest BCUT2D eigenvalue weighted by Gasteiger charge is 2.25. The van der Waals surface area contributed by atoms with Crippen LogP contribution in [0.2, 0.25) is 0 Å². The van der Waals surface area contributed by atoms with Gasteiger partial charge in [0.25, 0.3) is 5.91 Å². The molecule has 0 radical (unpaired) electrons. The summed E-state index contributed by atoms with van der Waals surface area (Å²) in [7, 11) is 3.81. The summed E-state index contributed by atoms with van der Waals surface area (Å²) in [5, 5.41) is 7.48. The van der Waals surface area contributed by atoms with Gasteiger partial charge in [-0.15, -0.1) is 12.4 Å². The van der Waals surface area contributed by atoms with Crippen molar-refractivity contribution in [1.82, 2.24) is 20.0 Å². The summed E-state index contributed by atoms with van der Waals surface area (Å²) in [6.45, 7) is 3.58. The Bertz CT molecular complexity index is 399. The number of amides is 1. The van der Waals surface area contributed by atoms with Gasteiger partial charge in [-0.25, -0.2) is 0 Å². The maximum atomic E-state index is 12.2. The van der Waals surface area contributed by atoms with Crippen LogP contribution in [0.1, 0.15) is 29.0 Å². The number of carbonyl (C=O) groups is 1. The molecule has 6 heteroatoms. The van der Waals surface area contributed by atoms with E-state index in [9.17, 15) is 4.79 Å². The molecule has 1 fully saturated rings. The predicted molar refractivity (Wildman–Crippen MR) is 73.2 cm³/mol. The number of likely N-dealkylation sites (tertiary alicyclic amines) is 1. The molecule has 0 aliphatic carbocycles. The van der Waals surface area contributed by atoms with Gasteiger partial charge in [0.05, 0.1) is 0 Å². The van der Waals surface area contributed by atoms with Crippen molar-refractivity contribution >= 4 is 18.3 Å². The minimum absolute atomic E-state index is 0. The van der Waals surface area contributed by atoms with Crippen LogP contribution in [0.5, 0.6) is 0 Å². The Kier molecular flexibility index (Phi) is 5.16. The molecule has 18 heavy (non-hydrogen) atoms. The van der Waals surface area contributed by atoms with E-state index in [2.05, 4.69) is 10.4 Å². The summed E-state index contributed by atoms with van der Waals surface area (Å²) in [6.07, 6.45) is 2.20. The van der Waals surface area contributed by atoms with E-state index in [4.69, 9.17) is 0 Å². The minimum atomic E-state index is 0. The molecule has 1 aliphatic heterocycles. The SMILES string of the molecule is CNC1CCCN(C(=O)c2cc(C)n(C)n2)C1.Cl. The van der Waals surface area contributed by atoms with Crippen LogP contribution in [0.3, 0.4) is 0 Å². The van der Waals surface area contributed by atoms with E-state index in [0.717, 1.165) is 31.6 Å². The highest BCUT2D eigenvalue weighted by molar-refractivity contribution is 5.92. The van der Waals surface area contributed by atoms with E-state index >= 15 is 0 Å². The van der Waals surface area contributed by atoms with Crippen LogP contribution in [0.25, 0.3) is 0 Å². The third-order valence-corrected chi connectivity index (χ3v) is 3.45. The molecule has 2 heterocycles. The lowest BCUT2D eigenvalue weighted by Gasteiger charge is -2.32. The van der Waals surface area contributed by atoms with E-state index in [0.29, 0.717) is 11.7 Å². The van der Waals surface area contributed by atoms with Crippen molar-refractivity contribution in [1.29, 1.82) is 0 Å². The minimum Gasteiger partial charge on any atom is -0.336 e. The lowest BCUT2D eigenvalue weighted by atomic mass is 10.1. The Morgan fingerprint density at radius 3 is 2.83 bits per heavy atom. The average Bonchev–Trinajstić information content (AvgIpc) is 2.69. The number of hydrogen-bond donors (Lipinski definition) is 1. The van der Waals surface area contributed by atoms with Crippen molar-refractivity contribution in [3.63, 3.8) is 0 Å². The van der Waals surface area contributed by atoms with Gasteiger partial charge >= 0.3 is 0 Å². The van der Waals surface area contributed by atoms with E-state index in [1.807, 2.05) is 32.0 Å². The summed E-state index contributed by atoms with van der Waals surface area (Å²) in [5.74, 6) is 0.0497. The Morgan fingerprint density at radius 2 is 2.28 bits per heavy atom. The van der Waals surface area contributed by atoms with Gasteiger partial charge in [-0.05, 0) is 32.9 Å². The third-order valence-electron chi connectivity index (χ3n) is 3.45. The second-order valence-electron chi connectivity index (χ2n) is 4.67. The summed E-state index contributed by atoms with van der Waals surface area (Å²) >= 11 is 0. The number of rotatable bonds is 2. The van der Waals surface area contributed by atoms with Crippen molar-refractivity contribution in [2.75, 3.05) is 20.1 Å². The summed E-state index contributed by atoms with van der Waals surface area (Å²) in [6, 6.07) is 2.27. The maximum absolute atomic E-state index is 12.2. The monoisotopic (exact) mass is 272 g/mol. The molecule has 102 valence electrons. The fourth-order valence-electron chi connectivity index (χ4n) is 2.22. The first kappa shape index (κ1) is 15.0. The number of hydrogen-bond acceptors (Lipinski definition) is 3. The van der Waals surface area contributed by atoms with Gasteiger partial charge in [0.2, 0.25) is 0 Å². The molecule has 0 saturated carbocycles. The van der Waals surface area contributed by atoms with Gasteiger partial charge in [0.1, 0.15) is 0 Å². The molecule has 0 bridgehead atoms. The molecule has 0 aromatic carbocycles. The highest BCUT2D eigenvalue weighted by atomic mass is 35.5. The van der Waals surface area contributed by atoms with Crippen molar-refractivity contribution in [3.8, 4) is 0 Å². The van der Waals surface area contributed by atoms with Gasteiger partial charge < -0.3 is 10.2 Å². The predicted octanol–water partition coefficient (Wildman–Crippen LogP) is 0.974. The van der Waals surface area contributed by atoms with Gasteiger partial charge in [-0.1, -0.05) is 0 Å². The van der Waals surface area contributed by atoms with Gasteiger partial charge in [-0.3, -0.25) is 9.48 Å². The van der Waals surface area contributed by atoms with Crippen LogP contribution >= 0.6 is 12.4 Å². The van der Waals surface area contributed by atoms with Gasteiger partial charge in [0, 0.05) is 31.9 Å². The molecule has 1 aromatic rings. The lowest BCUT2D eigenvalue weighted by Crippen LogP contribution is -2.47. The number of halogens is 1. The summed E-state index contributed by atoms with van der Waals surface area (Å²) in [4.78, 5) is 14.1. The largest absolute Gasteiger partial charge is 0.336 e. The standard InChI is InChI=1S/C12H20N4O.ClH/c1-9-7-11(14-15(9)3)12(17)16-6-4-5-10(8-16)13-2;/h7,10,13H,4-6,8H2,1-3H3;1H. The molecule has 1 aromatic heterocycles. The molecule has 1 atom stereocenters. The number of aromatic nitrogens is 2. The van der Waals surface area contributed by atoms with Crippen LogP contribution in [0.4, 0.5) is 0 Å². The first-order valence-corrected chi connectivity index (χ1v) is 6.09.